The van der Waals surface area contributed by atoms with Gasteiger partial charge in [-0.15, -0.1) is 24.0 Å². The van der Waals surface area contributed by atoms with Crippen molar-refractivity contribution in [2.75, 3.05) is 33.3 Å². The van der Waals surface area contributed by atoms with Crippen LogP contribution in [0.15, 0.2) is 59.6 Å². The number of benzene rings is 2. The molecule has 2 aromatic rings. The fraction of sp³-hybridized carbons (Fsp3) is 0.435. The van der Waals surface area contributed by atoms with Crippen molar-refractivity contribution in [3.8, 4) is 0 Å². The lowest BCUT2D eigenvalue weighted by molar-refractivity contribution is 0.191. The highest BCUT2D eigenvalue weighted by atomic mass is 127. The first-order valence-corrected chi connectivity index (χ1v) is 10.1. The summed E-state index contributed by atoms with van der Waals surface area (Å²) >= 11 is 0. The van der Waals surface area contributed by atoms with Crippen LogP contribution in [0, 0.1) is 0 Å². The molecule has 0 amide bonds. The number of rotatable bonds is 7. The summed E-state index contributed by atoms with van der Waals surface area (Å²) in [5.74, 6) is 0.828. The van der Waals surface area contributed by atoms with Crippen LogP contribution >= 0.6 is 24.0 Å². The van der Waals surface area contributed by atoms with Crippen molar-refractivity contribution in [3.63, 3.8) is 0 Å². The molecule has 3 N–H and O–H groups in total. The first kappa shape index (κ1) is 23.6. The van der Waals surface area contributed by atoms with Gasteiger partial charge in [-0.05, 0) is 30.0 Å². The van der Waals surface area contributed by atoms with Crippen molar-refractivity contribution in [1.29, 1.82) is 0 Å². The summed E-state index contributed by atoms with van der Waals surface area (Å²) in [6.45, 7) is 5.94. The number of guanidine groups is 1. The van der Waals surface area contributed by atoms with Crippen molar-refractivity contribution < 1.29 is 5.11 Å². The van der Waals surface area contributed by atoms with E-state index in [-0.39, 0.29) is 36.5 Å². The molecule has 2 aromatic carbocycles. The molecule has 1 aliphatic rings. The van der Waals surface area contributed by atoms with Gasteiger partial charge in [-0.3, -0.25) is 9.89 Å². The molecule has 1 aliphatic heterocycles. The Kier molecular flexibility index (Phi) is 9.90. The number of hydrogen-bond acceptors (Lipinski definition) is 3. The van der Waals surface area contributed by atoms with Crippen LogP contribution in [0.2, 0.25) is 0 Å². The van der Waals surface area contributed by atoms with Crippen LogP contribution in [-0.4, -0.2) is 55.3 Å². The molecule has 0 bridgehead atoms. The molecule has 0 spiro atoms. The third-order valence-corrected chi connectivity index (χ3v) is 5.58. The van der Waals surface area contributed by atoms with Gasteiger partial charge < -0.3 is 15.7 Å². The zero-order valence-electron chi connectivity index (χ0n) is 17.3. The quantitative estimate of drug-likeness (QED) is 0.306. The molecule has 0 saturated heterocycles. The van der Waals surface area contributed by atoms with E-state index in [9.17, 15) is 5.11 Å². The number of hydrogen-bond donors (Lipinski definition) is 3. The molecule has 0 saturated carbocycles. The number of aliphatic hydroxyl groups is 1. The lowest BCUT2D eigenvalue weighted by atomic mass is 9.99. The molecule has 1 heterocycles. The average Bonchev–Trinajstić information content (AvgIpc) is 2.76. The predicted octanol–water partition coefficient (Wildman–Crippen LogP) is 2.99. The second-order valence-corrected chi connectivity index (χ2v) is 7.46. The van der Waals surface area contributed by atoms with Gasteiger partial charge in [-0.1, -0.05) is 54.6 Å². The minimum atomic E-state index is 0. The van der Waals surface area contributed by atoms with Gasteiger partial charge in [-0.25, -0.2) is 0 Å². The number of nitrogens with one attached hydrogen (secondary N) is 2. The molecule has 3 rings (SSSR count). The molecular formula is C23H33IN4O. The number of fused-ring (bicyclic) bond motifs is 1. The second-order valence-electron chi connectivity index (χ2n) is 7.46. The molecule has 158 valence electrons. The van der Waals surface area contributed by atoms with E-state index in [0.29, 0.717) is 12.6 Å². The summed E-state index contributed by atoms with van der Waals surface area (Å²) in [5.41, 5.74) is 4.05. The lowest BCUT2D eigenvalue weighted by Gasteiger charge is -2.34. The van der Waals surface area contributed by atoms with Crippen LogP contribution in [0.4, 0.5) is 0 Å². The number of aliphatic hydroxyl groups excluding tert-OH is 1. The Morgan fingerprint density at radius 1 is 1.03 bits per heavy atom. The minimum absolute atomic E-state index is 0. The number of aliphatic imine (C=N–C) groups is 1. The van der Waals surface area contributed by atoms with Crippen LogP contribution in [0.3, 0.4) is 0 Å². The Hall–Kier alpha value is -1.64. The molecule has 29 heavy (non-hydrogen) atoms. The molecule has 2 atom stereocenters. The fourth-order valence-corrected chi connectivity index (χ4v) is 3.72. The minimum Gasteiger partial charge on any atom is -0.396 e. The van der Waals surface area contributed by atoms with Gasteiger partial charge in [0, 0.05) is 45.2 Å². The van der Waals surface area contributed by atoms with E-state index < -0.39 is 0 Å². The van der Waals surface area contributed by atoms with Crippen molar-refractivity contribution in [3.05, 3.63) is 71.3 Å². The molecule has 0 aliphatic carbocycles. The SMILES string of the molecule is CN=C(NCC(CO)c1ccccc1)NCC(C)N1CCc2ccccc2C1.I. The van der Waals surface area contributed by atoms with Gasteiger partial charge in [0.1, 0.15) is 0 Å². The lowest BCUT2D eigenvalue weighted by Crippen LogP contribution is -2.47. The Morgan fingerprint density at radius 2 is 1.69 bits per heavy atom. The maximum absolute atomic E-state index is 9.73. The van der Waals surface area contributed by atoms with E-state index in [4.69, 9.17) is 0 Å². The van der Waals surface area contributed by atoms with Crippen molar-refractivity contribution in [1.82, 2.24) is 15.5 Å². The zero-order valence-corrected chi connectivity index (χ0v) is 19.7. The van der Waals surface area contributed by atoms with Gasteiger partial charge in [0.25, 0.3) is 0 Å². The Morgan fingerprint density at radius 3 is 2.38 bits per heavy atom. The predicted molar refractivity (Wildman–Crippen MR) is 131 cm³/mol. The van der Waals surface area contributed by atoms with Crippen LogP contribution in [0.5, 0.6) is 0 Å². The molecule has 0 aromatic heterocycles. The standard InChI is InChI=1S/C23H32N4O.HI/c1-18(27-13-12-20-10-6-7-11-21(20)16-27)14-25-23(24-2)26-15-22(17-28)19-8-4-3-5-9-19;/h3-11,18,22,28H,12-17H2,1-2H3,(H2,24,25,26);1H. The van der Waals surface area contributed by atoms with Gasteiger partial charge in [0.15, 0.2) is 5.96 Å². The van der Waals surface area contributed by atoms with E-state index in [1.165, 1.54) is 11.1 Å². The summed E-state index contributed by atoms with van der Waals surface area (Å²) < 4.78 is 0. The molecule has 6 heteroatoms. The highest BCUT2D eigenvalue weighted by Gasteiger charge is 2.20. The monoisotopic (exact) mass is 508 g/mol. The summed E-state index contributed by atoms with van der Waals surface area (Å²) in [5, 5.41) is 16.5. The highest BCUT2D eigenvalue weighted by molar-refractivity contribution is 14.0. The van der Waals surface area contributed by atoms with Gasteiger partial charge in [0.2, 0.25) is 0 Å². The normalized spacial score (nSPS) is 16.3. The first-order valence-electron chi connectivity index (χ1n) is 10.1. The third-order valence-electron chi connectivity index (χ3n) is 5.58. The highest BCUT2D eigenvalue weighted by Crippen LogP contribution is 2.20. The van der Waals surface area contributed by atoms with E-state index >= 15 is 0 Å². The van der Waals surface area contributed by atoms with Crippen molar-refractivity contribution in [2.45, 2.75) is 31.8 Å². The molecular weight excluding hydrogens is 475 g/mol. The molecule has 2 unspecified atom stereocenters. The topological polar surface area (TPSA) is 59.9 Å². The summed E-state index contributed by atoms with van der Waals surface area (Å²) in [4.78, 5) is 6.85. The van der Waals surface area contributed by atoms with Gasteiger partial charge >= 0.3 is 0 Å². The maximum Gasteiger partial charge on any atom is 0.191 e. The van der Waals surface area contributed by atoms with E-state index in [1.54, 1.807) is 7.05 Å². The number of nitrogens with zero attached hydrogens (tertiary/aromatic N) is 2. The summed E-state index contributed by atoms with van der Waals surface area (Å²) in [6, 6.07) is 19.2. The first-order chi connectivity index (χ1) is 13.7. The van der Waals surface area contributed by atoms with Crippen LogP contribution in [-0.2, 0) is 13.0 Å². The molecule has 0 fully saturated rings. The smallest absolute Gasteiger partial charge is 0.191 e. The van der Waals surface area contributed by atoms with Crippen LogP contribution < -0.4 is 10.6 Å². The Balaban J connectivity index is 0.00000300. The Bertz CT molecular complexity index is 768. The second kappa shape index (κ2) is 12.1. The summed E-state index contributed by atoms with van der Waals surface area (Å²) in [7, 11) is 1.79. The van der Waals surface area contributed by atoms with E-state index in [2.05, 4.69) is 63.8 Å². The fourth-order valence-electron chi connectivity index (χ4n) is 3.72. The largest absolute Gasteiger partial charge is 0.396 e. The third kappa shape index (κ3) is 6.69. The zero-order chi connectivity index (χ0) is 19.8. The maximum atomic E-state index is 9.73. The van der Waals surface area contributed by atoms with E-state index in [0.717, 1.165) is 37.6 Å². The van der Waals surface area contributed by atoms with E-state index in [1.807, 2.05) is 18.2 Å². The Labute approximate surface area is 191 Å². The van der Waals surface area contributed by atoms with Crippen LogP contribution in [0.1, 0.15) is 29.5 Å². The number of halogens is 1. The summed E-state index contributed by atoms with van der Waals surface area (Å²) in [6.07, 6.45) is 1.11. The van der Waals surface area contributed by atoms with Gasteiger partial charge in [0.05, 0.1) is 6.61 Å². The average molecular weight is 508 g/mol. The molecule has 0 radical (unpaired) electrons. The van der Waals surface area contributed by atoms with Gasteiger partial charge in [-0.2, -0.15) is 0 Å². The van der Waals surface area contributed by atoms with Crippen molar-refractivity contribution in [2.24, 2.45) is 4.99 Å². The molecule has 5 nitrogen and oxygen atoms in total. The van der Waals surface area contributed by atoms with Crippen molar-refractivity contribution >= 4 is 29.9 Å². The van der Waals surface area contributed by atoms with Crippen LogP contribution in [0.25, 0.3) is 0 Å².